The van der Waals surface area contributed by atoms with Crippen LogP contribution in [0.1, 0.15) is 43.5 Å². The summed E-state index contributed by atoms with van der Waals surface area (Å²) in [6.07, 6.45) is 2.34. The molecule has 2 amide bonds. The van der Waals surface area contributed by atoms with Crippen molar-refractivity contribution in [2.45, 2.75) is 33.1 Å². The van der Waals surface area contributed by atoms with E-state index in [0.29, 0.717) is 56.1 Å². The maximum Gasteiger partial charge on any atom is 0.253 e. The first-order chi connectivity index (χ1) is 12.1. The van der Waals surface area contributed by atoms with Crippen molar-refractivity contribution in [2.24, 2.45) is 5.92 Å². The molecule has 138 valence electrons. The molecule has 0 atom stereocenters. The van der Waals surface area contributed by atoms with Crippen molar-refractivity contribution in [2.75, 3.05) is 33.4 Å². The molecule has 1 aromatic carbocycles. The average molecular weight is 348 g/mol. The lowest BCUT2D eigenvalue weighted by molar-refractivity contribution is -0.126. The predicted octanol–water partition coefficient (Wildman–Crippen LogP) is 2.47. The molecule has 1 fully saturated rings. The van der Waals surface area contributed by atoms with Gasteiger partial charge in [0.05, 0.1) is 13.7 Å². The van der Waals surface area contributed by atoms with Gasteiger partial charge in [0.15, 0.2) is 11.5 Å². The van der Waals surface area contributed by atoms with Gasteiger partial charge in [-0.25, -0.2) is 0 Å². The van der Waals surface area contributed by atoms with Crippen molar-refractivity contribution >= 4 is 11.8 Å². The molecule has 6 nitrogen and oxygen atoms in total. The van der Waals surface area contributed by atoms with Gasteiger partial charge in [0.25, 0.3) is 5.91 Å². The van der Waals surface area contributed by atoms with E-state index in [-0.39, 0.29) is 17.7 Å². The van der Waals surface area contributed by atoms with Gasteiger partial charge < -0.3 is 19.7 Å². The summed E-state index contributed by atoms with van der Waals surface area (Å²) in [7, 11) is 1.58. The summed E-state index contributed by atoms with van der Waals surface area (Å²) >= 11 is 0. The number of nitrogens with one attached hydrogen (secondary N) is 1. The number of piperidine rings is 1. The second-order valence-electron chi connectivity index (χ2n) is 6.16. The van der Waals surface area contributed by atoms with Crippen LogP contribution in [0.15, 0.2) is 18.2 Å². The van der Waals surface area contributed by atoms with Crippen LogP contribution >= 0.6 is 0 Å². The molecule has 0 spiro atoms. The number of likely N-dealkylation sites (tertiary alicyclic amines) is 1. The van der Waals surface area contributed by atoms with Crippen LogP contribution in [0, 0.1) is 5.92 Å². The normalized spacial score (nSPS) is 14.9. The van der Waals surface area contributed by atoms with Crippen molar-refractivity contribution in [3.05, 3.63) is 23.8 Å². The summed E-state index contributed by atoms with van der Waals surface area (Å²) in [6.45, 7) is 6.34. The third kappa shape index (κ3) is 4.87. The van der Waals surface area contributed by atoms with Gasteiger partial charge in [0, 0.05) is 31.1 Å². The number of ether oxygens (including phenoxy) is 2. The van der Waals surface area contributed by atoms with Crippen molar-refractivity contribution < 1.29 is 19.1 Å². The van der Waals surface area contributed by atoms with Gasteiger partial charge in [0.2, 0.25) is 5.91 Å². The van der Waals surface area contributed by atoms with Crippen LogP contribution < -0.4 is 14.8 Å². The highest BCUT2D eigenvalue weighted by atomic mass is 16.5. The maximum absolute atomic E-state index is 12.7. The van der Waals surface area contributed by atoms with Crippen LogP contribution in [-0.2, 0) is 4.79 Å². The molecule has 0 saturated carbocycles. The number of hydrogen-bond donors (Lipinski definition) is 1. The highest BCUT2D eigenvalue weighted by Gasteiger charge is 2.28. The van der Waals surface area contributed by atoms with Crippen LogP contribution in [0.5, 0.6) is 11.5 Å². The van der Waals surface area contributed by atoms with Gasteiger partial charge in [-0.05, 0) is 44.4 Å². The molecule has 1 N–H and O–H groups in total. The van der Waals surface area contributed by atoms with Crippen molar-refractivity contribution in [1.82, 2.24) is 10.2 Å². The molecule has 1 aliphatic heterocycles. The fraction of sp³-hybridized carbons (Fsp3) is 0.579. The van der Waals surface area contributed by atoms with Gasteiger partial charge in [-0.3, -0.25) is 9.59 Å². The van der Waals surface area contributed by atoms with Crippen LogP contribution in [0.25, 0.3) is 0 Å². The van der Waals surface area contributed by atoms with Gasteiger partial charge in [0.1, 0.15) is 0 Å². The minimum Gasteiger partial charge on any atom is -0.493 e. The first kappa shape index (κ1) is 19.1. The summed E-state index contributed by atoms with van der Waals surface area (Å²) < 4.78 is 10.8. The molecule has 2 rings (SSSR count). The van der Waals surface area contributed by atoms with Crippen molar-refractivity contribution in [3.63, 3.8) is 0 Å². The van der Waals surface area contributed by atoms with E-state index in [2.05, 4.69) is 5.32 Å². The molecule has 0 radical (unpaired) electrons. The van der Waals surface area contributed by atoms with Gasteiger partial charge in [-0.15, -0.1) is 0 Å². The first-order valence-corrected chi connectivity index (χ1v) is 8.98. The zero-order chi connectivity index (χ0) is 18.2. The van der Waals surface area contributed by atoms with E-state index in [1.165, 1.54) is 0 Å². The Kier molecular flexibility index (Phi) is 7.10. The fourth-order valence-electron chi connectivity index (χ4n) is 3.00. The first-order valence-electron chi connectivity index (χ1n) is 8.98. The topological polar surface area (TPSA) is 67.9 Å². The molecular formula is C19H28N2O4. The molecule has 0 unspecified atom stereocenters. The van der Waals surface area contributed by atoms with E-state index in [1.54, 1.807) is 30.2 Å². The largest absolute Gasteiger partial charge is 0.493 e. The second-order valence-corrected chi connectivity index (χ2v) is 6.16. The van der Waals surface area contributed by atoms with E-state index in [9.17, 15) is 9.59 Å². The molecule has 1 aliphatic rings. The molecule has 1 heterocycles. The molecular weight excluding hydrogens is 320 g/mol. The van der Waals surface area contributed by atoms with Crippen molar-refractivity contribution in [3.8, 4) is 11.5 Å². The number of benzene rings is 1. The number of hydrogen-bond acceptors (Lipinski definition) is 4. The van der Waals surface area contributed by atoms with E-state index < -0.39 is 0 Å². The third-order valence-electron chi connectivity index (χ3n) is 4.41. The summed E-state index contributed by atoms with van der Waals surface area (Å²) in [6, 6.07) is 5.23. The van der Waals surface area contributed by atoms with E-state index in [4.69, 9.17) is 9.47 Å². The van der Waals surface area contributed by atoms with Crippen LogP contribution in [0.2, 0.25) is 0 Å². The number of carbonyl (C=O) groups is 2. The molecule has 1 aromatic rings. The molecule has 6 heteroatoms. The Labute approximate surface area is 149 Å². The lowest BCUT2D eigenvalue weighted by Gasteiger charge is -2.31. The number of amides is 2. The summed E-state index contributed by atoms with van der Waals surface area (Å²) in [4.78, 5) is 26.6. The smallest absolute Gasteiger partial charge is 0.253 e. The van der Waals surface area contributed by atoms with E-state index in [1.807, 2.05) is 13.8 Å². The Balaban J connectivity index is 1.98. The number of methoxy groups -OCH3 is 1. The minimum atomic E-state index is -0.0315. The summed E-state index contributed by atoms with van der Waals surface area (Å²) in [5.74, 6) is 1.27. The highest BCUT2D eigenvalue weighted by Crippen LogP contribution is 2.29. The van der Waals surface area contributed by atoms with Crippen LogP contribution in [0.4, 0.5) is 0 Å². The van der Waals surface area contributed by atoms with Gasteiger partial charge in [-0.1, -0.05) is 6.92 Å². The Morgan fingerprint density at radius 2 is 1.92 bits per heavy atom. The SMILES string of the molecule is CCCNC(=O)C1CCN(C(=O)c2ccc(OC)c(OCC)c2)CC1. The Morgan fingerprint density at radius 3 is 2.52 bits per heavy atom. The van der Waals surface area contributed by atoms with Crippen molar-refractivity contribution in [1.29, 1.82) is 0 Å². The van der Waals surface area contributed by atoms with E-state index >= 15 is 0 Å². The van der Waals surface area contributed by atoms with E-state index in [0.717, 1.165) is 6.42 Å². The molecule has 25 heavy (non-hydrogen) atoms. The average Bonchev–Trinajstić information content (AvgIpc) is 2.65. The minimum absolute atomic E-state index is 0.00505. The quantitative estimate of drug-likeness (QED) is 0.822. The zero-order valence-corrected chi connectivity index (χ0v) is 15.3. The second kappa shape index (κ2) is 9.30. The number of nitrogens with zero attached hydrogens (tertiary/aromatic N) is 1. The number of carbonyl (C=O) groups excluding carboxylic acids is 2. The summed E-state index contributed by atoms with van der Waals surface area (Å²) in [5, 5.41) is 2.94. The zero-order valence-electron chi connectivity index (χ0n) is 15.3. The lowest BCUT2D eigenvalue weighted by atomic mass is 9.95. The van der Waals surface area contributed by atoms with Crippen LogP contribution in [-0.4, -0.2) is 50.1 Å². The Hall–Kier alpha value is -2.24. The third-order valence-corrected chi connectivity index (χ3v) is 4.41. The molecule has 0 aromatic heterocycles. The molecule has 1 saturated heterocycles. The fourth-order valence-corrected chi connectivity index (χ4v) is 3.00. The van der Waals surface area contributed by atoms with Gasteiger partial charge >= 0.3 is 0 Å². The Morgan fingerprint density at radius 1 is 1.20 bits per heavy atom. The number of rotatable bonds is 7. The summed E-state index contributed by atoms with van der Waals surface area (Å²) in [5.41, 5.74) is 0.582. The lowest BCUT2D eigenvalue weighted by Crippen LogP contribution is -2.43. The van der Waals surface area contributed by atoms with Crippen LogP contribution in [0.3, 0.4) is 0 Å². The van der Waals surface area contributed by atoms with Gasteiger partial charge in [-0.2, -0.15) is 0 Å². The predicted molar refractivity (Wildman–Crippen MR) is 96.1 cm³/mol. The monoisotopic (exact) mass is 348 g/mol. The Bertz CT molecular complexity index is 595. The highest BCUT2D eigenvalue weighted by molar-refractivity contribution is 5.95. The molecule has 0 bridgehead atoms. The standard InChI is InChI=1S/C19H28N2O4/c1-4-10-20-18(22)14-8-11-21(12-9-14)19(23)15-6-7-16(24-3)17(13-15)25-5-2/h6-7,13-14H,4-5,8-12H2,1-3H3,(H,20,22). The maximum atomic E-state index is 12.7. The molecule has 0 aliphatic carbocycles.